The van der Waals surface area contributed by atoms with Crippen molar-refractivity contribution in [1.29, 1.82) is 0 Å². The van der Waals surface area contributed by atoms with Crippen LogP contribution in [-0.2, 0) is 9.53 Å². The van der Waals surface area contributed by atoms with Gasteiger partial charge in [-0.2, -0.15) is 0 Å². The van der Waals surface area contributed by atoms with Crippen molar-refractivity contribution in [2.45, 2.75) is 32.9 Å². The van der Waals surface area contributed by atoms with Crippen LogP contribution < -0.4 is 5.73 Å². The van der Waals surface area contributed by atoms with Crippen molar-refractivity contribution in [3.05, 3.63) is 0 Å². The Morgan fingerprint density at radius 2 is 2.21 bits per heavy atom. The summed E-state index contributed by atoms with van der Waals surface area (Å²) < 4.78 is 5.27. The lowest BCUT2D eigenvalue weighted by molar-refractivity contribution is -0.141. The Labute approximate surface area is 85.4 Å². The molecule has 0 bridgehead atoms. The Balaban J connectivity index is 2.58. The van der Waals surface area contributed by atoms with E-state index in [-0.39, 0.29) is 23.9 Å². The van der Waals surface area contributed by atoms with E-state index in [0.717, 1.165) is 0 Å². The van der Waals surface area contributed by atoms with Gasteiger partial charge in [0.2, 0.25) is 5.91 Å². The molecular formula is C10H20N2O2. The lowest BCUT2D eigenvalue weighted by Gasteiger charge is -2.35. The Morgan fingerprint density at radius 1 is 1.57 bits per heavy atom. The molecule has 2 atom stereocenters. The highest BCUT2D eigenvalue weighted by atomic mass is 16.5. The Hall–Kier alpha value is -0.610. The molecule has 0 radical (unpaired) electrons. The van der Waals surface area contributed by atoms with Gasteiger partial charge in [0.15, 0.2) is 0 Å². The Bertz CT molecular complexity index is 206. The number of carbonyl (C=O) groups excluding carboxylic acids is 1. The number of morpholine rings is 1. The van der Waals surface area contributed by atoms with Crippen LogP contribution in [0, 0.1) is 5.92 Å². The third kappa shape index (κ3) is 2.45. The number of nitrogens with two attached hydrogens (primary N) is 1. The van der Waals surface area contributed by atoms with Crippen LogP contribution in [0.1, 0.15) is 20.8 Å². The molecule has 0 aliphatic carbocycles. The van der Waals surface area contributed by atoms with E-state index in [2.05, 4.69) is 0 Å². The van der Waals surface area contributed by atoms with Gasteiger partial charge >= 0.3 is 0 Å². The van der Waals surface area contributed by atoms with Crippen molar-refractivity contribution < 1.29 is 9.53 Å². The average Bonchev–Trinajstić information content (AvgIpc) is 2.16. The molecule has 1 aliphatic rings. The third-order valence-electron chi connectivity index (χ3n) is 2.65. The maximum atomic E-state index is 11.9. The fourth-order valence-corrected chi connectivity index (χ4v) is 1.53. The number of amides is 1. The second-order valence-electron chi connectivity index (χ2n) is 4.23. The van der Waals surface area contributed by atoms with E-state index in [4.69, 9.17) is 10.5 Å². The van der Waals surface area contributed by atoms with Gasteiger partial charge in [-0.1, -0.05) is 13.8 Å². The van der Waals surface area contributed by atoms with Crippen molar-refractivity contribution in [2.75, 3.05) is 19.8 Å². The summed E-state index contributed by atoms with van der Waals surface area (Å²) in [6.45, 7) is 7.84. The molecule has 0 aromatic rings. The molecule has 4 heteroatoms. The zero-order valence-corrected chi connectivity index (χ0v) is 9.19. The first kappa shape index (κ1) is 11.5. The summed E-state index contributed by atoms with van der Waals surface area (Å²) in [4.78, 5) is 13.7. The number of hydrogen-bond donors (Lipinski definition) is 1. The molecule has 1 heterocycles. The summed E-state index contributed by atoms with van der Waals surface area (Å²) in [6, 6.07) is -0.225. The third-order valence-corrected chi connectivity index (χ3v) is 2.65. The molecule has 0 aromatic heterocycles. The lowest BCUT2D eigenvalue weighted by atomic mass is 10.0. The highest BCUT2D eigenvalue weighted by Gasteiger charge is 2.28. The molecule has 14 heavy (non-hydrogen) atoms. The topological polar surface area (TPSA) is 55.6 Å². The number of ether oxygens (including phenoxy) is 1. The molecule has 1 aliphatic heterocycles. The maximum Gasteiger partial charge on any atom is 0.240 e. The quantitative estimate of drug-likeness (QED) is 0.693. The second kappa shape index (κ2) is 4.75. The number of nitrogens with zero attached hydrogens (tertiary/aromatic N) is 1. The standard InChI is InChI=1S/C10H20N2O2/c1-7(2)9(11)10(13)12-4-5-14-6-8(12)3/h7-9H,4-6,11H2,1-3H3/t8-,9+/m1/s1. The van der Waals surface area contributed by atoms with Crippen LogP contribution >= 0.6 is 0 Å². The lowest BCUT2D eigenvalue weighted by Crippen LogP contribution is -2.54. The molecule has 0 saturated carbocycles. The van der Waals surface area contributed by atoms with Crippen LogP contribution in [-0.4, -0.2) is 42.6 Å². The Kier molecular flexibility index (Phi) is 3.89. The minimum atomic E-state index is -0.379. The van der Waals surface area contributed by atoms with Crippen LogP contribution in [0.15, 0.2) is 0 Å². The van der Waals surface area contributed by atoms with Gasteiger partial charge in [0.1, 0.15) is 0 Å². The summed E-state index contributed by atoms with van der Waals surface area (Å²) in [5.74, 6) is 0.244. The first-order valence-electron chi connectivity index (χ1n) is 5.18. The normalized spacial score (nSPS) is 25.2. The molecular weight excluding hydrogens is 180 g/mol. The molecule has 0 aromatic carbocycles. The van der Waals surface area contributed by atoms with Gasteiger partial charge < -0.3 is 15.4 Å². The van der Waals surface area contributed by atoms with Crippen molar-refractivity contribution in [3.63, 3.8) is 0 Å². The van der Waals surface area contributed by atoms with E-state index in [1.54, 1.807) is 0 Å². The summed E-state index contributed by atoms with van der Waals surface area (Å²) in [7, 11) is 0. The molecule has 1 saturated heterocycles. The first-order valence-corrected chi connectivity index (χ1v) is 5.18. The fourth-order valence-electron chi connectivity index (χ4n) is 1.53. The van der Waals surface area contributed by atoms with E-state index in [1.807, 2.05) is 25.7 Å². The molecule has 1 rings (SSSR count). The monoisotopic (exact) mass is 200 g/mol. The Morgan fingerprint density at radius 3 is 2.71 bits per heavy atom. The smallest absolute Gasteiger partial charge is 0.240 e. The van der Waals surface area contributed by atoms with Gasteiger partial charge in [0.05, 0.1) is 25.3 Å². The molecule has 0 unspecified atom stereocenters. The molecule has 1 fully saturated rings. The van der Waals surface area contributed by atoms with Gasteiger partial charge in [-0.3, -0.25) is 4.79 Å². The van der Waals surface area contributed by atoms with Gasteiger partial charge in [-0.05, 0) is 12.8 Å². The molecule has 1 amide bonds. The van der Waals surface area contributed by atoms with Crippen molar-refractivity contribution in [2.24, 2.45) is 11.7 Å². The zero-order valence-electron chi connectivity index (χ0n) is 9.19. The van der Waals surface area contributed by atoms with E-state index in [0.29, 0.717) is 19.8 Å². The van der Waals surface area contributed by atoms with E-state index in [9.17, 15) is 4.79 Å². The van der Waals surface area contributed by atoms with Crippen LogP contribution in [0.25, 0.3) is 0 Å². The van der Waals surface area contributed by atoms with Gasteiger partial charge in [-0.15, -0.1) is 0 Å². The van der Waals surface area contributed by atoms with E-state index in [1.165, 1.54) is 0 Å². The van der Waals surface area contributed by atoms with Crippen LogP contribution in [0.2, 0.25) is 0 Å². The minimum absolute atomic E-state index is 0.0517. The summed E-state index contributed by atoms with van der Waals surface area (Å²) in [5.41, 5.74) is 5.82. The molecule has 2 N–H and O–H groups in total. The minimum Gasteiger partial charge on any atom is -0.377 e. The average molecular weight is 200 g/mol. The van der Waals surface area contributed by atoms with Gasteiger partial charge in [-0.25, -0.2) is 0 Å². The summed E-state index contributed by atoms with van der Waals surface area (Å²) in [5, 5.41) is 0. The zero-order chi connectivity index (χ0) is 10.7. The van der Waals surface area contributed by atoms with Crippen molar-refractivity contribution in [3.8, 4) is 0 Å². The van der Waals surface area contributed by atoms with E-state index < -0.39 is 0 Å². The highest BCUT2D eigenvalue weighted by Crippen LogP contribution is 2.10. The van der Waals surface area contributed by atoms with Gasteiger partial charge in [0.25, 0.3) is 0 Å². The number of hydrogen-bond acceptors (Lipinski definition) is 3. The largest absolute Gasteiger partial charge is 0.377 e. The molecule has 82 valence electrons. The highest BCUT2D eigenvalue weighted by molar-refractivity contribution is 5.82. The summed E-state index contributed by atoms with van der Waals surface area (Å²) in [6.07, 6.45) is 0. The number of carbonyl (C=O) groups is 1. The number of rotatable bonds is 2. The van der Waals surface area contributed by atoms with E-state index >= 15 is 0 Å². The summed E-state index contributed by atoms with van der Waals surface area (Å²) >= 11 is 0. The van der Waals surface area contributed by atoms with Crippen molar-refractivity contribution >= 4 is 5.91 Å². The van der Waals surface area contributed by atoms with Crippen LogP contribution in [0.4, 0.5) is 0 Å². The first-order chi connectivity index (χ1) is 6.54. The maximum absolute atomic E-state index is 11.9. The predicted molar refractivity (Wildman–Crippen MR) is 54.8 cm³/mol. The second-order valence-corrected chi connectivity index (χ2v) is 4.23. The molecule has 0 spiro atoms. The van der Waals surface area contributed by atoms with Crippen LogP contribution in [0.5, 0.6) is 0 Å². The van der Waals surface area contributed by atoms with Gasteiger partial charge in [0, 0.05) is 6.54 Å². The van der Waals surface area contributed by atoms with Crippen LogP contribution in [0.3, 0.4) is 0 Å². The fraction of sp³-hybridized carbons (Fsp3) is 0.900. The molecule has 4 nitrogen and oxygen atoms in total. The SMILES string of the molecule is CC(C)[C@H](N)C(=O)N1CCOC[C@H]1C. The van der Waals surface area contributed by atoms with Crippen molar-refractivity contribution in [1.82, 2.24) is 4.90 Å². The predicted octanol–water partition coefficient (Wildman–Crippen LogP) is 0.217.